The highest BCUT2D eigenvalue weighted by Crippen LogP contribution is 2.06. The molecule has 2 aromatic rings. The maximum absolute atomic E-state index is 11.7. The van der Waals surface area contributed by atoms with Crippen LogP contribution in [0.25, 0.3) is 0 Å². The highest BCUT2D eigenvalue weighted by Gasteiger charge is 2.09. The zero-order valence-corrected chi connectivity index (χ0v) is 9.84. The van der Waals surface area contributed by atoms with Crippen LogP contribution < -0.4 is 5.32 Å². The SMILES string of the molecule is Cc1ccccc1CNC(=O)c1cnn(C)n1. The lowest BCUT2D eigenvalue weighted by molar-refractivity contribution is 0.0945. The second-order valence-electron chi connectivity index (χ2n) is 3.83. The second kappa shape index (κ2) is 4.78. The van der Waals surface area contributed by atoms with Gasteiger partial charge in [0.1, 0.15) is 0 Å². The molecule has 0 aliphatic carbocycles. The third-order valence-electron chi connectivity index (χ3n) is 2.53. The molecular formula is C12H14N4O. The second-order valence-corrected chi connectivity index (χ2v) is 3.83. The molecule has 88 valence electrons. The summed E-state index contributed by atoms with van der Waals surface area (Å²) in [5, 5.41) is 10.6. The molecule has 0 fully saturated rings. The minimum Gasteiger partial charge on any atom is -0.347 e. The predicted octanol–water partition coefficient (Wildman–Crippen LogP) is 1.05. The maximum atomic E-state index is 11.7. The third kappa shape index (κ3) is 2.69. The summed E-state index contributed by atoms with van der Waals surface area (Å²) in [5.41, 5.74) is 2.60. The van der Waals surface area contributed by atoms with Gasteiger partial charge in [-0.25, -0.2) is 0 Å². The molecule has 0 atom stereocenters. The van der Waals surface area contributed by atoms with Crippen LogP contribution in [0.4, 0.5) is 0 Å². The van der Waals surface area contributed by atoms with Crippen molar-refractivity contribution < 1.29 is 4.79 Å². The van der Waals surface area contributed by atoms with Crippen molar-refractivity contribution in [2.75, 3.05) is 0 Å². The molecule has 0 radical (unpaired) electrons. The van der Waals surface area contributed by atoms with E-state index in [4.69, 9.17) is 0 Å². The van der Waals surface area contributed by atoms with Crippen LogP contribution in [0.15, 0.2) is 30.5 Å². The fourth-order valence-electron chi connectivity index (χ4n) is 1.52. The van der Waals surface area contributed by atoms with Crippen LogP contribution in [0.5, 0.6) is 0 Å². The average molecular weight is 230 g/mol. The Bertz CT molecular complexity index is 533. The van der Waals surface area contributed by atoms with Gasteiger partial charge in [-0.05, 0) is 18.1 Å². The maximum Gasteiger partial charge on any atom is 0.273 e. The Balaban J connectivity index is 1.99. The number of hydrogen-bond acceptors (Lipinski definition) is 3. The van der Waals surface area contributed by atoms with Crippen molar-refractivity contribution in [2.45, 2.75) is 13.5 Å². The largest absolute Gasteiger partial charge is 0.347 e. The summed E-state index contributed by atoms with van der Waals surface area (Å²) in [5.74, 6) is -0.207. The van der Waals surface area contributed by atoms with Crippen LogP contribution >= 0.6 is 0 Å². The van der Waals surface area contributed by atoms with Crippen molar-refractivity contribution in [1.29, 1.82) is 0 Å². The van der Waals surface area contributed by atoms with Crippen molar-refractivity contribution in [3.8, 4) is 0 Å². The van der Waals surface area contributed by atoms with Gasteiger partial charge in [0.25, 0.3) is 5.91 Å². The first-order valence-corrected chi connectivity index (χ1v) is 5.36. The molecular weight excluding hydrogens is 216 g/mol. The monoisotopic (exact) mass is 230 g/mol. The Hall–Kier alpha value is -2.17. The highest BCUT2D eigenvalue weighted by atomic mass is 16.2. The van der Waals surface area contributed by atoms with E-state index in [0.29, 0.717) is 12.2 Å². The molecule has 0 bridgehead atoms. The number of aromatic nitrogens is 3. The molecule has 1 aromatic carbocycles. The van der Waals surface area contributed by atoms with E-state index in [1.54, 1.807) is 7.05 Å². The van der Waals surface area contributed by atoms with Crippen molar-refractivity contribution in [3.63, 3.8) is 0 Å². The summed E-state index contributed by atoms with van der Waals surface area (Å²) in [4.78, 5) is 13.1. The van der Waals surface area contributed by atoms with Gasteiger partial charge in [0.2, 0.25) is 0 Å². The van der Waals surface area contributed by atoms with Gasteiger partial charge in [0, 0.05) is 13.6 Å². The number of hydrogen-bond donors (Lipinski definition) is 1. The lowest BCUT2D eigenvalue weighted by Crippen LogP contribution is -2.23. The summed E-state index contributed by atoms with van der Waals surface area (Å²) >= 11 is 0. The zero-order valence-electron chi connectivity index (χ0n) is 9.84. The summed E-state index contributed by atoms with van der Waals surface area (Å²) in [7, 11) is 1.68. The van der Waals surface area contributed by atoms with Crippen molar-refractivity contribution in [2.24, 2.45) is 7.05 Å². The molecule has 0 aliphatic heterocycles. The molecule has 1 amide bonds. The fourth-order valence-corrected chi connectivity index (χ4v) is 1.52. The number of aryl methyl sites for hydroxylation is 2. The topological polar surface area (TPSA) is 59.8 Å². The van der Waals surface area contributed by atoms with Crippen molar-refractivity contribution >= 4 is 5.91 Å². The van der Waals surface area contributed by atoms with Gasteiger partial charge in [-0.15, -0.1) is 5.10 Å². The van der Waals surface area contributed by atoms with Gasteiger partial charge in [-0.2, -0.15) is 9.90 Å². The number of amides is 1. The summed E-state index contributed by atoms with van der Waals surface area (Å²) in [6.45, 7) is 2.52. The van der Waals surface area contributed by atoms with E-state index < -0.39 is 0 Å². The van der Waals surface area contributed by atoms with Crippen LogP contribution in [0.1, 0.15) is 21.6 Å². The predicted molar refractivity (Wildman–Crippen MR) is 63.4 cm³/mol. The van der Waals surface area contributed by atoms with E-state index in [1.807, 2.05) is 31.2 Å². The minimum atomic E-state index is -0.207. The molecule has 1 aromatic heterocycles. The minimum absolute atomic E-state index is 0.207. The van der Waals surface area contributed by atoms with Gasteiger partial charge in [0.05, 0.1) is 6.20 Å². The first kappa shape index (κ1) is 11.3. The third-order valence-corrected chi connectivity index (χ3v) is 2.53. The van der Waals surface area contributed by atoms with E-state index >= 15 is 0 Å². The molecule has 2 rings (SSSR count). The Morgan fingerprint density at radius 1 is 1.41 bits per heavy atom. The van der Waals surface area contributed by atoms with Crippen molar-refractivity contribution in [1.82, 2.24) is 20.3 Å². The van der Waals surface area contributed by atoms with E-state index in [-0.39, 0.29) is 5.91 Å². The highest BCUT2D eigenvalue weighted by molar-refractivity contribution is 5.91. The first-order valence-electron chi connectivity index (χ1n) is 5.36. The molecule has 1 N–H and O–H groups in total. The van der Waals surface area contributed by atoms with Gasteiger partial charge in [0.15, 0.2) is 5.69 Å². The fraction of sp³-hybridized carbons (Fsp3) is 0.250. The molecule has 0 spiro atoms. The number of nitrogens with one attached hydrogen (secondary N) is 1. The van der Waals surface area contributed by atoms with Crippen LogP contribution in [0, 0.1) is 6.92 Å². The molecule has 0 unspecified atom stereocenters. The van der Waals surface area contributed by atoms with E-state index in [2.05, 4.69) is 15.5 Å². The molecule has 5 heteroatoms. The van der Waals surface area contributed by atoms with Crippen LogP contribution in [0.2, 0.25) is 0 Å². The summed E-state index contributed by atoms with van der Waals surface area (Å²) in [6, 6.07) is 7.94. The number of benzene rings is 1. The van der Waals surface area contributed by atoms with E-state index in [9.17, 15) is 4.79 Å². The number of carbonyl (C=O) groups is 1. The lowest BCUT2D eigenvalue weighted by Gasteiger charge is -2.06. The Morgan fingerprint density at radius 2 is 2.18 bits per heavy atom. The normalized spacial score (nSPS) is 10.2. The van der Waals surface area contributed by atoms with E-state index in [0.717, 1.165) is 11.1 Å². The van der Waals surface area contributed by atoms with Gasteiger partial charge < -0.3 is 5.32 Å². The van der Waals surface area contributed by atoms with Gasteiger partial charge in [-0.3, -0.25) is 4.79 Å². The van der Waals surface area contributed by atoms with Crippen molar-refractivity contribution in [3.05, 3.63) is 47.3 Å². The lowest BCUT2D eigenvalue weighted by atomic mass is 10.1. The summed E-state index contributed by atoms with van der Waals surface area (Å²) < 4.78 is 0. The molecule has 17 heavy (non-hydrogen) atoms. The average Bonchev–Trinajstić information content (AvgIpc) is 2.74. The Morgan fingerprint density at radius 3 is 2.82 bits per heavy atom. The standard InChI is InChI=1S/C12H14N4O/c1-9-5-3-4-6-10(9)7-13-12(17)11-8-14-16(2)15-11/h3-6,8H,7H2,1-2H3,(H,13,17). The summed E-state index contributed by atoms with van der Waals surface area (Å²) in [6.07, 6.45) is 1.45. The molecule has 0 aliphatic rings. The number of carbonyl (C=O) groups excluding carboxylic acids is 1. The number of nitrogens with zero attached hydrogens (tertiary/aromatic N) is 3. The molecule has 0 saturated heterocycles. The van der Waals surface area contributed by atoms with Gasteiger partial charge in [-0.1, -0.05) is 24.3 Å². The number of rotatable bonds is 3. The Kier molecular flexibility index (Phi) is 3.18. The first-order chi connectivity index (χ1) is 8.16. The van der Waals surface area contributed by atoms with E-state index in [1.165, 1.54) is 11.0 Å². The van der Waals surface area contributed by atoms with Crippen LogP contribution in [-0.4, -0.2) is 20.9 Å². The smallest absolute Gasteiger partial charge is 0.273 e. The molecule has 5 nitrogen and oxygen atoms in total. The Labute approximate surface area is 99.5 Å². The quantitative estimate of drug-likeness (QED) is 0.857. The molecule has 1 heterocycles. The molecule has 0 saturated carbocycles. The van der Waals surface area contributed by atoms with Crippen LogP contribution in [-0.2, 0) is 13.6 Å². The van der Waals surface area contributed by atoms with Gasteiger partial charge >= 0.3 is 0 Å². The van der Waals surface area contributed by atoms with Crippen LogP contribution in [0.3, 0.4) is 0 Å². The zero-order chi connectivity index (χ0) is 12.3.